The number of hydrogen-bond acceptors (Lipinski definition) is 5. The fourth-order valence-corrected chi connectivity index (χ4v) is 4.49. The van der Waals surface area contributed by atoms with Crippen molar-refractivity contribution in [2.24, 2.45) is 0 Å². The zero-order valence-corrected chi connectivity index (χ0v) is 18.8. The number of amides is 1. The Kier molecular flexibility index (Phi) is 6.97. The number of halogens is 2. The molecule has 1 N–H and O–H groups in total. The number of likely N-dealkylation sites (N-methyl/N-ethyl adjacent to an activating group) is 1. The molecule has 162 valence electrons. The van der Waals surface area contributed by atoms with Crippen LogP contribution in [0, 0.1) is 5.82 Å². The van der Waals surface area contributed by atoms with Crippen molar-refractivity contribution in [2.75, 3.05) is 38.5 Å². The van der Waals surface area contributed by atoms with Gasteiger partial charge in [0, 0.05) is 49.4 Å². The summed E-state index contributed by atoms with van der Waals surface area (Å²) in [5.41, 5.74) is 3.50. The minimum absolute atomic E-state index is 0.0233. The van der Waals surface area contributed by atoms with Crippen molar-refractivity contribution in [2.45, 2.75) is 13.0 Å². The molecule has 0 atom stereocenters. The summed E-state index contributed by atoms with van der Waals surface area (Å²) < 4.78 is 13.2. The van der Waals surface area contributed by atoms with E-state index < -0.39 is 5.82 Å². The number of carbonyl (C=O) groups is 1. The third-order valence-corrected chi connectivity index (χ3v) is 6.53. The second-order valence-electron chi connectivity index (χ2n) is 7.77. The van der Waals surface area contributed by atoms with Gasteiger partial charge in [-0.1, -0.05) is 35.9 Å². The lowest BCUT2D eigenvalue weighted by molar-refractivity contribution is -0.115. The highest BCUT2D eigenvalue weighted by molar-refractivity contribution is 7.13. The summed E-state index contributed by atoms with van der Waals surface area (Å²) in [5, 5.41) is 5.48. The van der Waals surface area contributed by atoms with Crippen LogP contribution in [0.25, 0.3) is 10.6 Å². The van der Waals surface area contributed by atoms with E-state index in [4.69, 9.17) is 11.6 Å². The molecule has 0 saturated carbocycles. The van der Waals surface area contributed by atoms with Crippen LogP contribution in [0.4, 0.5) is 10.1 Å². The van der Waals surface area contributed by atoms with Crippen LogP contribution in [-0.4, -0.2) is 53.9 Å². The van der Waals surface area contributed by atoms with E-state index in [1.54, 1.807) is 0 Å². The number of carbonyl (C=O) groups excluding carboxylic acids is 1. The molecular formula is C23H24ClFN4OS. The highest BCUT2D eigenvalue weighted by Crippen LogP contribution is 2.25. The lowest BCUT2D eigenvalue weighted by atomic mass is 10.1. The average Bonchev–Trinajstić information content (AvgIpc) is 3.21. The Balaban J connectivity index is 1.33. The molecule has 2 heterocycles. The number of thiazole rings is 1. The van der Waals surface area contributed by atoms with Crippen LogP contribution in [0.15, 0.2) is 47.8 Å². The first-order valence-electron chi connectivity index (χ1n) is 10.2. The summed E-state index contributed by atoms with van der Waals surface area (Å²) in [6.45, 7) is 5.38. The van der Waals surface area contributed by atoms with Gasteiger partial charge in [-0.05, 0) is 30.8 Å². The highest BCUT2D eigenvalue weighted by atomic mass is 35.5. The fourth-order valence-electron chi connectivity index (χ4n) is 3.48. The van der Waals surface area contributed by atoms with Crippen molar-refractivity contribution < 1.29 is 9.18 Å². The molecule has 1 aliphatic rings. The van der Waals surface area contributed by atoms with Crippen LogP contribution in [0.5, 0.6) is 0 Å². The number of rotatable bonds is 6. The summed E-state index contributed by atoms with van der Waals surface area (Å²) in [7, 11) is 2.16. The molecular weight excluding hydrogens is 435 g/mol. The Hall–Kier alpha value is -2.32. The normalized spacial score (nSPS) is 15.2. The first kappa shape index (κ1) is 21.9. The minimum atomic E-state index is -0.515. The molecule has 2 aromatic carbocycles. The summed E-state index contributed by atoms with van der Waals surface area (Å²) >= 11 is 7.28. The molecule has 1 aromatic heterocycles. The molecule has 4 rings (SSSR count). The molecule has 0 radical (unpaired) electrons. The smallest absolute Gasteiger partial charge is 0.230 e. The van der Waals surface area contributed by atoms with Crippen LogP contribution in [0.1, 0.15) is 11.3 Å². The molecule has 0 aliphatic carbocycles. The van der Waals surface area contributed by atoms with Gasteiger partial charge in [-0.25, -0.2) is 9.37 Å². The van der Waals surface area contributed by atoms with E-state index in [1.807, 2.05) is 5.38 Å². The molecule has 3 aromatic rings. The van der Waals surface area contributed by atoms with E-state index in [0.29, 0.717) is 11.4 Å². The first-order chi connectivity index (χ1) is 15.0. The van der Waals surface area contributed by atoms with Crippen molar-refractivity contribution >= 4 is 34.5 Å². The lowest BCUT2D eigenvalue weighted by Crippen LogP contribution is -2.43. The van der Waals surface area contributed by atoms with Gasteiger partial charge in [-0.3, -0.25) is 9.69 Å². The molecule has 0 bridgehead atoms. The number of nitrogens with zero attached hydrogens (tertiary/aromatic N) is 3. The SMILES string of the molecule is CN1CCN(Cc2ccc(-c3nc(CC(=O)Nc4ccc(F)c(Cl)c4)cs3)cc2)CC1. The molecule has 0 unspecified atom stereocenters. The zero-order chi connectivity index (χ0) is 21.8. The minimum Gasteiger partial charge on any atom is -0.326 e. The maximum Gasteiger partial charge on any atom is 0.230 e. The van der Waals surface area contributed by atoms with Gasteiger partial charge in [-0.15, -0.1) is 11.3 Å². The van der Waals surface area contributed by atoms with Crippen LogP contribution in [-0.2, 0) is 17.8 Å². The van der Waals surface area contributed by atoms with Crippen LogP contribution < -0.4 is 5.32 Å². The van der Waals surface area contributed by atoms with Gasteiger partial charge < -0.3 is 10.2 Å². The van der Waals surface area contributed by atoms with Gasteiger partial charge in [0.15, 0.2) is 0 Å². The van der Waals surface area contributed by atoms with Gasteiger partial charge >= 0.3 is 0 Å². The van der Waals surface area contributed by atoms with E-state index in [0.717, 1.165) is 43.3 Å². The monoisotopic (exact) mass is 458 g/mol. The van der Waals surface area contributed by atoms with E-state index in [2.05, 4.69) is 51.4 Å². The largest absolute Gasteiger partial charge is 0.326 e. The van der Waals surface area contributed by atoms with Gasteiger partial charge in [0.05, 0.1) is 17.1 Å². The second kappa shape index (κ2) is 9.87. The standard InChI is InChI=1S/C23H24ClFN4OS/c1-28-8-10-29(11-9-28)14-16-2-4-17(5-3-16)23-27-19(15-31-23)13-22(30)26-18-6-7-21(25)20(24)12-18/h2-7,12,15H,8-11,13-14H2,1H3,(H,26,30). The van der Waals surface area contributed by atoms with E-state index in [1.165, 1.54) is 35.1 Å². The van der Waals surface area contributed by atoms with Crippen molar-refractivity contribution in [3.63, 3.8) is 0 Å². The topological polar surface area (TPSA) is 48.5 Å². The van der Waals surface area contributed by atoms with Gasteiger partial charge in [0.25, 0.3) is 0 Å². The number of nitrogens with one attached hydrogen (secondary N) is 1. The van der Waals surface area contributed by atoms with Crippen molar-refractivity contribution in [3.8, 4) is 10.6 Å². The van der Waals surface area contributed by atoms with Gasteiger partial charge in [0.2, 0.25) is 5.91 Å². The Labute approximate surface area is 190 Å². The molecule has 8 heteroatoms. The second-order valence-corrected chi connectivity index (χ2v) is 9.04. The average molecular weight is 459 g/mol. The van der Waals surface area contributed by atoms with E-state index in [-0.39, 0.29) is 17.4 Å². The summed E-state index contributed by atoms with van der Waals surface area (Å²) in [5.74, 6) is -0.736. The van der Waals surface area contributed by atoms with E-state index in [9.17, 15) is 9.18 Å². The van der Waals surface area contributed by atoms with Crippen molar-refractivity contribution in [3.05, 3.63) is 69.9 Å². The molecule has 0 spiro atoms. The van der Waals surface area contributed by atoms with Crippen LogP contribution in [0.3, 0.4) is 0 Å². The van der Waals surface area contributed by atoms with Crippen molar-refractivity contribution in [1.82, 2.24) is 14.8 Å². The summed E-state index contributed by atoms with van der Waals surface area (Å²) in [6, 6.07) is 12.6. The maximum atomic E-state index is 13.2. The lowest BCUT2D eigenvalue weighted by Gasteiger charge is -2.32. The first-order valence-corrected chi connectivity index (χ1v) is 11.4. The molecule has 1 aliphatic heterocycles. The number of piperazine rings is 1. The Morgan fingerprint density at radius 2 is 1.90 bits per heavy atom. The van der Waals surface area contributed by atoms with Crippen molar-refractivity contribution in [1.29, 1.82) is 0 Å². The molecule has 1 saturated heterocycles. The Bertz CT molecular complexity index is 1050. The number of hydrogen-bond donors (Lipinski definition) is 1. The zero-order valence-electron chi connectivity index (χ0n) is 17.3. The number of anilines is 1. The maximum absolute atomic E-state index is 13.2. The number of aromatic nitrogens is 1. The molecule has 1 amide bonds. The van der Waals surface area contributed by atoms with E-state index >= 15 is 0 Å². The molecule has 5 nitrogen and oxygen atoms in total. The Morgan fingerprint density at radius 3 is 2.61 bits per heavy atom. The van der Waals surface area contributed by atoms with Crippen LogP contribution in [0.2, 0.25) is 5.02 Å². The number of benzene rings is 2. The summed E-state index contributed by atoms with van der Waals surface area (Å²) in [6.07, 6.45) is 0.146. The third kappa shape index (κ3) is 5.89. The predicted molar refractivity (Wildman–Crippen MR) is 124 cm³/mol. The van der Waals surface area contributed by atoms with Gasteiger partial charge in [0.1, 0.15) is 10.8 Å². The Morgan fingerprint density at radius 1 is 1.16 bits per heavy atom. The quantitative estimate of drug-likeness (QED) is 0.589. The summed E-state index contributed by atoms with van der Waals surface area (Å²) in [4.78, 5) is 21.7. The fraction of sp³-hybridized carbons (Fsp3) is 0.304. The third-order valence-electron chi connectivity index (χ3n) is 5.30. The molecule has 1 fully saturated rings. The predicted octanol–water partition coefficient (Wildman–Crippen LogP) is 4.53. The van der Waals surface area contributed by atoms with Crippen LogP contribution >= 0.6 is 22.9 Å². The molecule has 31 heavy (non-hydrogen) atoms. The van der Waals surface area contributed by atoms with Gasteiger partial charge in [-0.2, -0.15) is 0 Å². The highest BCUT2D eigenvalue weighted by Gasteiger charge is 2.14.